The number of nitrogens with two attached hydrogens (primary N) is 1. The van der Waals surface area contributed by atoms with Crippen LogP contribution in [-0.4, -0.2) is 12.6 Å². The third-order valence-corrected chi connectivity index (χ3v) is 4.29. The van der Waals surface area contributed by atoms with Crippen LogP contribution in [0.1, 0.15) is 30.0 Å². The third-order valence-electron chi connectivity index (χ3n) is 4.29. The van der Waals surface area contributed by atoms with Gasteiger partial charge in [0.1, 0.15) is 0 Å². The van der Waals surface area contributed by atoms with Crippen LogP contribution in [0.4, 0.5) is 11.4 Å². The molecule has 2 nitrogen and oxygen atoms in total. The van der Waals surface area contributed by atoms with Gasteiger partial charge in [0.2, 0.25) is 0 Å². The Hall–Kier alpha value is -1.80. The van der Waals surface area contributed by atoms with Crippen LogP contribution in [0.2, 0.25) is 0 Å². The van der Waals surface area contributed by atoms with Crippen molar-refractivity contribution >= 4 is 11.4 Å². The van der Waals surface area contributed by atoms with Gasteiger partial charge in [-0.25, -0.2) is 0 Å². The van der Waals surface area contributed by atoms with Crippen molar-refractivity contribution in [3.8, 4) is 0 Å². The predicted octanol–water partition coefficient (Wildman–Crippen LogP) is 3.97. The van der Waals surface area contributed by atoms with Gasteiger partial charge in [0, 0.05) is 24.0 Å². The molecule has 2 aromatic carbocycles. The van der Waals surface area contributed by atoms with E-state index in [1.165, 1.54) is 40.9 Å². The lowest BCUT2D eigenvalue weighted by atomic mass is 9.98. The van der Waals surface area contributed by atoms with Crippen LogP contribution in [0.3, 0.4) is 0 Å². The molecule has 0 aliphatic carbocycles. The van der Waals surface area contributed by atoms with Crippen molar-refractivity contribution in [2.45, 2.75) is 39.2 Å². The van der Waals surface area contributed by atoms with Gasteiger partial charge in [0.25, 0.3) is 0 Å². The molecule has 21 heavy (non-hydrogen) atoms. The summed E-state index contributed by atoms with van der Waals surface area (Å²) in [5.41, 5.74) is 12.8. The molecule has 1 heterocycles. The van der Waals surface area contributed by atoms with Crippen molar-refractivity contribution in [3.05, 3.63) is 59.2 Å². The van der Waals surface area contributed by atoms with Gasteiger partial charge in [-0.3, -0.25) is 0 Å². The Balaban J connectivity index is 1.93. The first-order chi connectivity index (χ1) is 10.1. The van der Waals surface area contributed by atoms with Gasteiger partial charge in [0.05, 0.1) is 0 Å². The molecule has 1 aliphatic heterocycles. The zero-order valence-corrected chi connectivity index (χ0v) is 13.0. The first kappa shape index (κ1) is 14.2. The van der Waals surface area contributed by atoms with E-state index in [1.807, 2.05) is 0 Å². The largest absolute Gasteiger partial charge is 0.341 e. The van der Waals surface area contributed by atoms with Crippen LogP contribution in [-0.2, 0) is 12.8 Å². The van der Waals surface area contributed by atoms with Crippen LogP contribution < -0.4 is 10.6 Å². The Morgan fingerprint density at radius 1 is 1.19 bits per heavy atom. The zero-order chi connectivity index (χ0) is 14.8. The SMILES string of the molecule is Cc1cc(N2CCCc3ccccc32)ccc1CC(C)N. The van der Waals surface area contributed by atoms with Crippen molar-refractivity contribution in [3.63, 3.8) is 0 Å². The van der Waals surface area contributed by atoms with Crippen LogP contribution in [0, 0.1) is 6.92 Å². The minimum absolute atomic E-state index is 0.213. The van der Waals surface area contributed by atoms with Crippen LogP contribution in [0.5, 0.6) is 0 Å². The molecule has 0 saturated heterocycles. The van der Waals surface area contributed by atoms with E-state index in [-0.39, 0.29) is 6.04 Å². The Morgan fingerprint density at radius 2 is 2.00 bits per heavy atom. The number of anilines is 2. The maximum Gasteiger partial charge on any atom is 0.0443 e. The molecule has 2 heteroatoms. The summed E-state index contributed by atoms with van der Waals surface area (Å²) in [7, 11) is 0. The van der Waals surface area contributed by atoms with Gasteiger partial charge in [-0.2, -0.15) is 0 Å². The molecule has 0 aromatic heterocycles. The van der Waals surface area contributed by atoms with Crippen LogP contribution in [0.25, 0.3) is 0 Å². The normalized spacial score (nSPS) is 15.7. The van der Waals surface area contributed by atoms with E-state index in [9.17, 15) is 0 Å². The molecule has 0 bridgehead atoms. The van der Waals surface area contributed by atoms with Crippen LogP contribution in [0.15, 0.2) is 42.5 Å². The molecule has 0 amide bonds. The fourth-order valence-electron chi connectivity index (χ4n) is 3.23. The molecule has 0 saturated carbocycles. The van der Waals surface area contributed by atoms with Crippen molar-refractivity contribution in [1.82, 2.24) is 0 Å². The van der Waals surface area contributed by atoms with Gasteiger partial charge in [-0.15, -0.1) is 0 Å². The summed E-state index contributed by atoms with van der Waals surface area (Å²) in [6.45, 7) is 5.36. The number of hydrogen-bond donors (Lipinski definition) is 1. The van der Waals surface area contributed by atoms with Gasteiger partial charge in [0.15, 0.2) is 0 Å². The third kappa shape index (κ3) is 2.96. The van der Waals surface area contributed by atoms with Gasteiger partial charge in [-0.1, -0.05) is 24.3 Å². The highest BCUT2D eigenvalue weighted by molar-refractivity contribution is 5.68. The minimum atomic E-state index is 0.213. The zero-order valence-electron chi connectivity index (χ0n) is 13.0. The van der Waals surface area contributed by atoms with Crippen molar-refractivity contribution in [2.24, 2.45) is 5.73 Å². The molecule has 110 valence electrons. The number of rotatable bonds is 3. The van der Waals surface area contributed by atoms with E-state index in [0.29, 0.717) is 0 Å². The van der Waals surface area contributed by atoms with Gasteiger partial charge < -0.3 is 10.6 Å². The number of fused-ring (bicyclic) bond motifs is 1. The summed E-state index contributed by atoms with van der Waals surface area (Å²) in [4.78, 5) is 2.45. The second-order valence-electron chi connectivity index (χ2n) is 6.18. The van der Waals surface area contributed by atoms with E-state index in [0.717, 1.165) is 13.0 Å². The quantitative estimate of drug-likeness (QED) is 0.921. The second kappa shape index (κ2) is 5.90. The molecule has 2 aromatic rings. The summed E-state index contributed by atoms with van der Waals surface area (Å²) in [5.74, 6) is 0. The molecular formula is C19H24N2. The molecule has 1 aliphatic rings. The summed E-state index contributed by atoms with van der Waals surface area (Å²) >= 11 is 0. The highest BCUT2D eigenvalue weighted by Crippen LogP contribution is 2.34. The lowest BCUT2D eigenvalue weighted by Crippen LogP contribution is -2.24. The van der Waals surface area contributed by atoms with Crippen molar-refractivity contribution in [1.29, 1.82) is 0 Å². The molecule has 3 rings (SSSR count). The summed E-state index contributed by atoms with van der Waals surface area (Å²) in [6.07, 6.45) is 3.36. The highest BCUT2D eigenvalue weighted by Gasteiger charge is 2.18. The fourth-order valence-corrected chi connectivity index (χ4v) is 3.23. The smallest absolute Gasteiger partial charge is 0.0443 e. The topological polar surface area (TPSA) is 29.3 Å². The highest BCUT2D eigenvalue weighted by atomic mass is 15.1. The molecule has 1 atom stereocenters. The molecule has 1 unspecified atom stereocenters. The fraction of sp³-hybridized carbons (Fsp3) is 0.368. The van der Waals surface area contributed by atoms with E-state index >= 15 is 0 Å². The van der Waals surface area contributed by atoms with Gasteiger partial charge in [-0.05, 0) is 68.0 Å². The standard InChI is InChI=1S/C19H24N2/c1-14-12-18(10-9-17(14)13-15(2)20)21-11-5-7-16-6-3-4-8-19(16)21/h3-4,6,8-10,12,15H,5,7,11,13,20H2,1-2H3. The maximum atomic E-state index is 5.93. The molecule has 0 spiro atoms. The average Bonchev–Trinajstić information content (AvgIpc) is 2.48. The monoisotopic (exact) mass is 280 g/mol. The Labute approximate surface area is 127 Å². The summed E-state index contributed by atoms with van der Waals surface area (Å²) in [5, 5.41) is 0. The maximum absolute atomic E-state index is 5.93. The molecule has 0 radical (unpaired) electrons. The van der Waals surface area contributed by atoms with E-state index in [4.69, 9.17) is 5.73 Å². The van der Waals surface area contributed by atoms with E-state index < -0.39 is 0 Å². The van der Waals surface area contributed by atoms with Crippen LogP contribution >= 0.6 is 0 Å². The Morgan fingerprint density at radius 3 is 2.76 bits per heavy atom. The second-order valence-corrected chi connectivity index (χ2v) is 6.18. The number of nitrogens with zero attached hydrogens (tertiary/aromatic N) is 1. The Kier molecular flexibility index (Phi) is 3.98. The van der Waals surface area contributed by atoms with Crippen molar-refractivity contribution < 1.29 is 0 Å². The predicted molar refractivity (Wildman–Crippen MR) is 90.3 cm³/mol. The summed E-state index contributed by atoms with van der Waals surface area (Å²) in [6, 6.07) is 15.8. The summed E-state index contributed by atoms with van der Waals surface area (Å²) < 4.78 is 0. The number of para-hydroxylation sites is 1. The lowest BCUT2D eigenvalue weighted by Gasteiger charge is -2.32. The number of benzene rings is 2. The minimum Gasteiger partial charge on any atom is -0.341 e. The number of aryl methyl sites for hydroxylation is 2. The first-order valence-electron chi connectivity index (χ1n) is 7.85. The Bertz CT molecular complexity index is 631. The van der Waals surface area contributed by atoms with E-state index in [2.05, 4.69) is 61.2 Å². The molecular weight excluding hydrogens is 256 g/mol. The first-order valence-corrected chi connectivity index (χ1v) is 7.85. The van der Waals surface area contributed by atoms with Crippen molar-refractivity contribution in [2.75, 3.05) is 11.4 Å². The number of hydrogen-bond acceptors (Lipinski definition) is 2. The molecule has 2 N–H and O–H groups in total. The average molecular weight is 280 g/mol. The molecule has 0 fully saturated rings. The lowest BCUT2D eigenvalue weighted by molar-refractivity contribution is 0.734. The van der Waals surface area contributed by atoms with E-state index in [1.54, 1.807) is 0 Å². The van der Waals surface area contributed by atoms with Gasteiger partial charge >= 0.3 is 0 Å².